The molecule has 1 aromatic rings. The summed E-state index contributed by atoms with van der Waals surface area (Å²) in [5, 5.41) is 16.5. The zero-order chi connectivity index (χ0) is 22.2. The van der Waals surface area contributed by atoms with E-state index < -0.39 is 6.10 Å². The van der Waals surface area contributed by atoms with Crippen LogP contribution in [0.2, 0.25) is 0 Å². The summed E-state index contributed by atoms with van der Waals surface area (Å²) in [4.78, 5) is 26.0. The summed E-state index contributed by atoms with van der Waals surface area (Å²) in [7, 11) is 0. The molecule has 1 aliphatic heterocycles. The average Bonchev–Trinajstić information content (AvgIpc) is 3.23. The minimum Gasteiger partial charge on any atom is -0.390 e. The molecular weight excluding hydrogens is 390 g/mol. The fourth-order valence-electron chi connectivity index (χ4n) is 3.98. The van der Waals surface area contributed by atoms with E-state index in [1.54, 1.807) is 11.8 Å². The molecule has 0 bridgehead atoms. The highest BCUT2D eigenvalue weighted by Crippen LogP contribution is 2.21. The van der Waals surface area contributed by atoms with E-state index >= 15 is 0 Å². The van der Waals surface area contributed by atoms with Gasteiger partial charge in [-0.15, -0.1) is 0 Å². The van der Waals surface area contributed by atoms with E-state index in [0.717, 1.165) is 31.4 Å². The van der Waals surface area contributed by atoms with Crippen molar-refractivity contribution in [2.75, 3.05) is 19.6 Å². The highest BCUT2D eigenvalue weighted by Gasteiger charge is 2.20. The second-order valence-electron chi connectivity index (χ2n) is 8.25. The van der Waals surface area contributed by atoms with Gasteiger partial charge in [0.25, 0.3) is 5.91 Å². The second-order valence-corrected chi connectivity index (χ2v) is 8.25. The molecule has 3 rings (SSSR count). The Morgan fingerprint density at radius 2 is 2.10 bits per heavy atom. The SMILES string of the molecule is C/C=C\C=C/C1=CCC(NCC(O)CNC(=O)c2ccc3c(c2)CN(C(C)=O)CC3)C1. The van der Waals surface area contributed by atoms with Crippen molar-refractivity contribution in [3.8, 4) is 0 Å². The number of benzene rings is 1. The molecule has 6 heteroatoms. The molecule has 0 spiro atoms. The lowest BCUT2D eigenvalue weighted by Crippen LogP contribution is -2.41. The first-order chi connectivity index (χ1) is 15.0. The number of hydrogen-bond acceptors (Lipinski definition) is 4. The lowest BCUT2D eigenvalue weighted by Gasteiger charge is -2.28. The van der Waals surface area contributed by atoms with Gasteiger partial charge in [0.15, 0.2) is 0 Å². The molecule has 0 saturated heterocycles. The minimum absolute atomic E-state index is 0.0505. The highest BCUT2D eigenvalue weighted by molar-refractivity contribution is 5.94. The van der Waals surface area contributed by atoms with Gasteiger partial charge < -0.3 is 20.6 Å². The van der Waals surface area contributed by atoms with Crippen molar-refractivity contribution in [3.63, 3.8) is 0 Å². The predicted molar refractivity (Wildman–Crippen MR) is 123 cm³/mol. The molecule has 2 unspecified atom stereocenters. The first-order valence-electron chi connectivity index (χ1n) is 11.0. The summed E-state index contributed by atoms with van der Waals surface area (Å²) in [5.74, 6) is -0.157. The third-order valence-electron chi connectivity index (χ3n) is 5.83. The van der Waals surface area contributed by atoms with Gasteiger partial charge >= 0.3 is 0 Å². The largest absolute Gasteiger partial charge is 0.390 e. The molecule has 3 N–H and O–H groups in total. The van der Waals surface area contributed by atoms with E-state index in [-0.39, 0.29) is 18.4 Å². The van der Waals surface area contributed by atoms with Gasteiger partial charge in [0.2, 0.25) is 5.91 Å². The van der Waals surface area contributed by atoms with E-state index in [2.05, 4.69) is 22.8 Å². The van der Waals surface area contributed by atoms with Crippen molar-refractivity contribution in [3.05, 3.63) is 70.8 Å². The van der Waals surface area contributed by atoms with E-state index in [0.29, 0.717) is 24.7 Å². The molecule has 1 heterocycles. The number of rotatable bonds is 8. The summed E-state index contributed by atoms with van der Waals surface area (Å²) >= 11 is 0. The maximum Gasteiger partial charge on any atom is 0.251 e. The van der Waals surface area contributed by atoms with Crippen LogP contribution in [0.1, 0.15) is 48.2 Å². The number of nitrogens with zero attached hydrogens (tertiary/aromatic N) is 1. The Labute approximate surface area is 184 Å². The number of allylic oxidation sites excluding steroid dienone is 4. The number of hydrogen-bond donors (Lipinski definition) is 3. The van der Waals surface area contributed by atoms with Gasteiger partial charge in [0.1, 0.15) is 0 Å². The zero-order valence-electron chi connectivity index (χ0n) is 18.4. The van der Waals surface area contributed by atoms with Gasteiger partial charge in [-0.3, -0.25) is 9.59 Å². The molecule has 1 aliphatic carbocycles. The third-order valence-corrected chi connectivity index (χ3v) is 5.83. The van der Waals surface area contributed by atoms with Gasteiger partial charge in [-0.25, -0.2) is 0 Å². The van der Waals surface area contributed by atoms with E-state index in [1.165, 1.54) is 11.1 Å². The summed E-state index contributed by atoms with van der Waals surface area (Å²) in [6, 6.07) is 5.96. The molecular formula is C25H33N3O3. The normalized spacial score (nSPS) is 19.5. The molecule has 2 aliphatic rings. The number of fused-ring (bicyclic) bond motifs is 1. The molecule has 2 amide bonds. The minimum atomic E-state index is -0.655. The topological polar surface area (TPSA) is 81.7 Å². The standard InChI is InChI=1S/C25H33N3O3/c1-3-4-5-6-19-7-10-23(13-19)26-15-24(30)16-27-25(31)21-9-8-20-11-12-28(18(2)29)17-22(20)14-21/h3-9,14,23-24,26,30H,10-13,15-17H2,1-2H3,(H,27,31)/b4-3-,6-5-. The quantitative estimate of drug-likeness (QED) is 0.561. The van der Waals surface area contributed by atoms with Crippen molar-refractivity contribution >= 4 is 11.8 Å². The summed E-state index contributed by atoms with van der Waals surface area (Å²) < 4.78 is 0. The fraction of sp³-hybridized carbons (Fsp3) is 0.440. The van der Waals surface area contributed by atoms with Crippen molar-refractivity contribution in [2.45, 2.75) is 51.8 Å². The van der Waals surface area contributed by atoms with Gasteiger partial charge in [-0.2, -0.15) is 0 Å². The lowest BCUT2D eigenvalue weighted by molar-refractivity contribution is -0.129. The zero-order valence-corrected chi connectivity index (χ0v) is 18.4. The molecule has 166 valence electrons. The Bertz CT molecular complexity index is 888. The van der Waals surface area contributed by atoms with E-state index in [9.17, 15) is 14.7 Å². The van der Waals surface area contributed by atoms with Crippen LogP contribution in [0.3, 0.4) is 0 Å². The van der Waals surface area contributed by atoms with Crippen molar-refractivity contribution < 1.29 is 14.7 Å². The molecule has 0 saturated carbocycles. The van der Waals surface area contributed by atoms with Gasteiger partial charge in [0.05, 0.1) is 6.10 Å². The Balaban J connectivity index is 1.42. The molecule has 1 aromatic carbocycles. The van der Waals surface area contributed by atoms with Crippen LogP contribution in [0.15, 0.2) is 54.2 Å². The van der Waals surface area contributed by atoms with E-state index in [1.807, 2.05) is 43.4 Å². The number of nitrogens with one attached hydrogen (secondary N) is 2. The molecule has 31 heavy (non-hydrogen) atoms. The maximum absolute atomic E-state index is 12.5. The van der Waals surface area contributed by atoms with Crippen LogP contribution < -0.4 is 10.6 Å². The van der Waals surface area contributed by atoms with Crippen molar-refractivity contribution in [1.29, 1.82) is 0 Å². The Kier molecular flexibility index (Phi) is 8.20. The Hall–Kier alpha value is -2.70. The first kappa shape index (κ1) is 23.0. The molecule has 0 fully saturated rings. The maximum atomic E-state index is 12.5. The van der Waals surface area contributed by atoms with Gasteiger partial charge in [-0.05, 0) is 49.4 Å². The van der Waals surface area contributed by atoms with E-state index in [4.69, 9.17) is 0 Å². The van der Waals surface area contributed by atoms with Crippen LogP contribution in [0.5, 0.6) is 0 Å². The van der Waals surface area contributed by atoms with Crippen LogP contribution in [-0.4, -0.2) is 53.6 Å². The van der Waals surface area contributed by atoms with Gasteiger partial charge in [0, 0.05) is 44.7 Å². The predicted octanol–water partition coefficient (Wildman–Crippen LogP) is 2.49. The molecule has 2 atom stereocenters. The van der Waals surface area contributed by atoms with Crippen LogP contribution in [0.25, 0.3) is 0 Å². The molecule has 0 aromatic heterocycles. The Morgan fingerprint density at radius 3 is 2.87 bits per heavy atom. The number of carbonyl (C=O) groups excluding carboxylic acids is 2. The molecule has 0 radical (unpaired) electrons. The summed E-state index contributed by atoms with van der Waals surface area (Å²) in [5.41, 5.74) is 4.06. The smallest absolute Gasteiger partial charge is 0.251 e. The number of amides is 2. The van der Waals surface area contributed by atoms with Crippen LogP contribution in [0, 0.1) is 0 Å². The monoisotopic (exact) mass is 423 g/mol. The highest BCUT2D eigenvalue weighted by atomic mass is 16.3. The van der Waals surface area contributed by atoms with Gasteiger partial charge in [-0.1, -0.05) is 42.0 Å². The van der Waals surface area contributed by atoms with Crippen molar-refractivity contribution in [2.24, 2.45) is 0 Å². The summed E-state index contributed by atoms with van der Waals surface area (Å²) in [6.07, 6.45) is 12.4. The number of aliphatic hydroxyl groups excluding tert-OH is 1. The second kappa shape index (κ2) is 11.1. The number of carbonyl (C=O) groups is 2. The summed E-state index contributed by atoms with van der Waals surface area (Å²) in [6.45, 7) is 5.45. The van der Waals surface area contributed by atoms with Crippen LogP contribution in [0.4, 0.5) is 0 Å². The third kappa shape index (κ3) is 6.64. The van der Waals surface area contributed by atoms with Crippen LogP contribution in [-0.2, 0) is 17.8 Å². The fourth-order valence-corrected chi connectivity index (χ4v) is 3.98. The first-order valence-corrected chi connectivity index (χ1v) is 11.0. The molecule has 6 nitrogen and oxygen atoms in total. The number of aliphatic hydroxyl groups is 1. The van der Waals surface area contributed by atoms with Crippen LogP contribution >= 0.6 is 0 Å². The lowest BCUT2D eigenvalue weighted by atomic mass is 9.97. The average molecular weight is 424 g/mol. The Morgan fingerprint density at radius 1 is 1.26 bits per heavy atom. The van der Waals surface area contributed by atoms with Crippen molar-refractivity contribution in [1.82, 2.24) is 15.5 Å².